The number of hydrogen-bond donors (Lipinski definition) is 5. The van der Waals surface area contributed by atoms with Gasteiger partial charge in [0.05, 0.1) is 0 Å². The average Bonchev–Trinajstić information content (AvgIpc) is 2.34. The van der Waals surface area contributed by atoms with Crippen molar-refractivity contribution in [2.24, 2.45) is 0 Å². The Balaban J connectivity index is 2.40. The van der Waals surface area contributed by atoms with Gasteiger partial charge in [0, 0.05) is 17.5 Å². The van der Waals surface area contributed by atoms with Crippen molar-refractivity contribution in [3.8, 4) is 28.7 Å². The summed E-state index contributed by atoms with van der Waals surface area (Å²) in [4.78, 5) is 0. The fraction of sp³-hybridized carbons (Fsp3) is 0.0769. The van der Waals surface area contributed by atoms with Crippen LogP contribution in [0.15, 0.2) is 30.3 Å². The number of phenols is 5. The van der Waals surface area contributed by atoms with Crippen LogP contribution in [0.1, 0.15) is 11.1 Å². The zero-order valence-electron chi connectivity index (χ0n) is 9.33. The molecule has 2 aromatic rings. The van der Waals surface area contributed by atoms with E-state index in [-0.39, 0.29) is 17.9 Å². The number of aromatic hydroxyl groups is 5. The van der Waals surface area contributed by atoms with Crippen LogP contribution in [-0.2, 0) is 6.42 Å². The van der Waals surface area contributed by atoms with E-state index in [0.717, 1.165) is 0 Å². The van der Waals surface area contributed by atoms with Crippen LogP contribution < -0.4 is 0 Å². The molecule has 5 heteroatoms. The van der Waals surface area contributed by atoms with Gasteiger partial charge >= 0.3 is 0 Å². The Bertz CT molecular complexity index is 592. The molecule has 94 valence electrons. The van der Waals surface area contributed by atoms with Gasteiger partial charge < -0.3 is 25.5 Å². The summed E-state index contributed by atoms with van der Waals surface area (Å²) in [5.74, 6) is -1.51. The molecule has 2 rings (SSSR count). The van der Waals surface area contributed by atoms with Crippen molar-refractivity contribution >= 4 is 0 Å². The van der Waals surface area contributed by atoms with Gasteiger partial charge in [-0.25, -0.2) is 0 Å². The summed E-state index contributed by atoms with van der Waals surface area (Å²) in [6.45, 7) is 0. The standard InChI is InChI=1S/C13H12O5/c14-9-2-4-10(15)8(6-9)5-7-1-3-11(16)13(18)12(7)17/h1-4,6,14-18H,5H2. The number of phenolic OH excluding ortho intramolecular Hbond substituents is 5. The van der Waals surface area contributed by atoms with Crippen molar-refractivity contribution in [3.05, 3.63) is 41.5 Å². The van der Waals surface area contributed by atoms with Gasteiger partial charge in [-0.05, 0) is 24.3 Å². The lowest BCUT2D eigenvalue weighted by Crippen LogP contribution is -1.90. The highest BCUT2D eigenvalue weighted by Crippen LogP contribution is 2.38. The molecule has 0 saturated carbocycles. The van der Waals surface area contributed by atoms with Gasteiger partial charge in [0.2, 0.25) is 5.75 Å². The molecule has 0 amide bonds. The highest BCUT2D eigenvalue weighted by atomic mass is 16.3. The number of rotatable bonds is 2. The van der Waals surface area contributed by atoms with Crippen LogP contribution in [0.25, 0.3) is 0 Å². The van der Waals surface area contributed by atoms with E-state index in [2.05, 4.69) is 0 Å². The SMILES string of the molecule is Oc1ccc(O)c(Cc2ccc(O)c(O)c2O)c1. The summed E-state index contributed by atoms with van der Waals surface area (Å²) in [5, 5.41) is 47.1. The van der Waals surface area contributed by atoms with E-state index in [1.807, 2.05) is 0 Å². The fourth-order valence-electron chi connectivity index (χ4n) is 1.67. The predicted octanol–water partition coefficient (Wildman–Crippen LogP) is 1.81. The first-order chi connectivity index (χ1) is 8.49. The molecule has 2 aromatic carbocycles. The molecule has 0 unspecified atom stereocenters. The summed E-state index contributed by atoms with van der Waals surface area (Å²) in [6, 6.07) is 6.70. The summed E-state index contributed by atoms with van der Waals surface area (Å²) < 4.78 is 0. The zero-order chi connectivity index (χ0) is 13.3. The smallest absolute Gasteiger partial charge is 0.200 e. The van der Waals surface area contributed by atoms with Gasteiger partial charge in [0.1, 0.15) is 11.5 Å². The Morgan fingerprint density at radius 2 is 1.33 bits per heavy atom. The Hall–Kier alpha value is -2.56. The van der Waals surface area contributed by atoms with Gasteiger partial charge in [-0.2, -0.15) is 0 Å². The molecule has 0 aromatic heterocycles. The molecule has 5 N–H and O–H groups in total. The Morgan fingerprint density at radius 1 is 0.667 bits per heavy atom. The topological polar surface area (TPSA) is 101 Å². The predicted molar refractivity (Wildman–Crippen MR) is 64.0 cm³/mol. The van der Waals surface area contributed by atoms with Crippen LogP contribution in [0, 0.1) is 0 Å². The van der Waals surface area contributed by atoms with E-state index < -0.39 is 17.2 Å². The largest absolute Gasteiger partial charge is 0.508 e. The second kappa shape index (κ2) is 4.37. The lowest BCUT2D eigenvalue weighted by molar-refractivity contribution is 0.365. The van der Waals surface area contributed by atoms with E-state index in [9.17, 15) is 25.5 Å². The summed E-state index contributed by atoms with van der Waals surface area (Å²) in [5.41, 5.74) is 0.724. The average molecular weight is 248 g/mol. The minimum atomic E-state index is -0.604. The van der Waals surface area contributed by atoms with Crippen LogP contribution in [0.4, 0.5) is 0 Å². The van der Waals surface area contributed by atoms with Crippen LogP contribution in [0.2, 0.25) is 0 Å². The van der Waals surface area contributed by atoms with Crippen LogP contribution in [0.5, 0.6) is 28.7 Å². The molecule has 0 heterocycles. The van der Waals surface area contributed by atoms with Gasteiger partial charge in [0.25, 0.3) is 0 Å². The lowest BCUT2D eigenvalue weighted by atomic mass is 10.0. The van der Waals surface area contributed by atoms with E-state index in [1.165, 1.54) is 30.3 Å². The van der Waals surface area contributed by atoms with E-state index in [1.54, 1.807) is 0 Å². The normalized spacial score (nSPS) is 10.4. The molecular weight excluding hydrogens is 236 g/mol. The molecule has 0 fully saturated rings. The Labute approximate surface area is 103 Å². The van der Waals surface area contributed by atoms with E-state index >= 15 is 0 Å². The highest BCUT2D eigenvalue weighted by molar-refractivity contribution is 5.55. The first-order valence-electron chi connectivity index (χ1n) is 5.22. The molecule has 0 bridgehead atoms. The zero-order valence-corrected chi connectivity index (χ0v) is 9.33. The molecule has 0 aliphatic carbocycles. The molecule has 18 heavy (non-hydrogen) atoms. The molecule has 0 spiro atoms. The summed E-state index contributed by atoms with van der Waals surface area (Å²) >= 11 is 0. The molecule has 0 aliphatic rings. The third-order valence-electron chi connectivity index (χ3n) is 2.66. The second-order valence-electron chi connectivity index (χ2n) is 3.93. The lowest BCUT2D eigenvalue weighted by Gasteiger charge is -2.09. The summed E-state index contributed by atoms with van der Waals surface area (Å²) in [6.07, 6.45) is 0.111. The minimum Gasteiger partial charge on any atom is -0.508 e. The number of hydrogen-bond acceptors (Lipinski definition) is 5. The molecule has 0 atom stereocenters. The first-order valence-corrected chi connectivity index (χ1v) is 5.22. The van der Waals surface area contributed by atoms with Crippen molar-refractivity contribution in [2.45, 2.75) is 6.42 Å². The third-order valence-corrected chi connectivity index (χ3v) is 2.66. The van der Waals surface area contributed by atoms with Crippen LogP contribution >= 0.6 is 0 Å². The minimum absolute atomic E-state index is 0.00899. The van der Waals surface area contributed by atoms with Crippen molar-refractivity contribution in [1.29, 1.82) is 0 Å². The Kier molecular flexibility index (Phi) is 2.89. The number of benzene rings is 2. The van der Waals surface area contributed by atoms with E-state index in [0.29, 0.717) is 11.1 Å². The quantitative estimate of drug-likeness (QED) is 0.412. The second-order valence-corrected chi connectivity index (χ2v) is 3.93. The van der Waals surface area contributed by atoms with Crippen LogP contribution in [-0.4, -0.2) is 25.5 Å². The highest BCUT2D eigenvalue weighted by Gasteiger charge is 2.13. The molecule has 0 aliphatic heterocycles. The van der Waals surface area contributed by atoms with Crippen molar-refractivity contribution in [2.75, 3.05) is 0 Å². The fourth-order valence-corrected chi connectivity index (χ4v) is 1.67. The molecule has 5 nitrogen and oxygen atoms in total. The maximum atomic E-state index is 9.65. The summed E-state index contributed by atoms with van der Waals surface area (Å²) in [7, 11) is 0. The van der Waals surface area contributed by atoms with Crippen molar-refractivity contribution < 1.29 is 25.5 Å². The molecular formula is C13H12O5. The third kappa shape index (κ3) is 2.10. The maximum Gasteiger partial charge on any atom is 0.200 e. The molecule has 0 radical (unpaired) electrons. The van der Waals surface area contributed by atoms with Gasteiger partial charge in [-0.1, -0.05) is 6.07 Å². The van der Waals surface area contributed by atoms with E-state index in [4.69, 9.17) is 0 Å². The van der Waals surface area contributed by atoms with Gasteiger partial charge in [0.15, 0.2) is 11.5 Å². The van der Waals surface area contributed by atoms with Crippen molar-refractivity contribution in [3.63, 3.8) is 0 Å². The molecule has 0 saturated heterocycles. The first kappa shape index (κ1) is 11.9. The van der Waals surface area contributed by atoms with Crippen molar-refractivity contribution in [1.82, 2.24) is 0 Å². The van der Waals surface area contributed by atoms with Crippen LogP contribution in [0.3, 0.4) is 0 Å². The maximum absolute atomic E-state index is 9.65. The van der Waals surface area contributed by atoms with Gasteiger partial charge in [-0.15, -0.1) is 0 Å². The van der Waals surface area contributed by atoms with Gasteiger partial charge in [-0.3, -0.25) is 0 Å². The monoisotopic (exact) mass is 248 g/mol. The Morgan fingerprint density at radius 3 is 2.06 bits per heavy atom.